The number of aromatic nitrogens is 4. The van der Waals surface area contributed by atoms with Crippen molar-refractivity contribution in [1.29, 1.82) is 0 Å². The molecule has 2 heterocycles. The summed E-state index contributed by atoms with van der Waals surface area (Å²) >= 11 is 3.25. The lowest BCUT2D eigenvalue weighted by molar-refractivity contribution is -0.116. The van der Waals surface area contributed by atoms with Crippen LogP contribution in [0.5, 0.6) is 0 Å². The molecule has 0 atom stereocenters. The standard InChI is InChI=1S/C12H14BrN5O3/c1-3-17-6-9(11(16-17)12(20)21-2)15-10(19)7-18-5-8(13)4-14-18/h4-6H,3,7H2,1-2H3,(H,15,19). The normalized spacial score (nSPS) is 10.4. The molecule has 0 saturated carbocycles. The van der Waals surface area contributed by atoms with Gasteiger partial charge in [0.05, 0.1) is 23.5 Å². The fourth-order valence-corrected chi connectivity index (χ4v) is 2.01. The van der Waals surface area contributed by atoms with Crippen LogP contribution >= 0.6 is 15.9 Å². The minimum atomic E-state index is -0.598. The SMILES string of the molecule is CCn1cc(NC(=O)Cn2cc(Br)cn2)c(C(=O)OC)n1. The number of hydrogen-bond acceptors (Lipinski definition) is 5. The van der Waals surface area contributed by atoms with E-state index in [9.17, 15) is 9.59 Å². The molecule has 21 heavy (non-hydrogen) atoms. The van der Waals surface area contributed by atoms with Crippen molar-refractivity contribution in [3.8, 4) is 0 Å². The molecule has 0 aliphatic heterocycles. The van der Waals surface area contributed by atoms with E-state index in [2.05, 4.69) is 36.2 Å². The van der Waals surface area contributed by atoms with E-state index in [0.29, 0.717) is 12.2 Å². The fourth-order valence-electron chi connectivity index (χ4n) is 1.68. The van der Waals surface area contributed by atoms with Crippen molar-refractivity contribution in [2.75, 3.05) is 12.4 Å². The van der Waals surface area contributed by atoms with Crippen LogP contribution in [-0.4, -0.2) is 38.5 Å². The molecule has 0 spiro atoms. The summed E-state index contributed by atoms with van der Waals surface area (Å²) in [5.74, 6) is -0.911. The van der Waals surface area contributed by atoms with Crippen LogP contribution in [-0.2, 0) is 22.6 Å². The van der Waals surface area contributed by atoms with Crippen molar-refractivity contribution < 1.29 is 14.3 Å². The highest BCUT2D eigenvalue weighted by molar-refractivity contribution is 9.10. The van der Waals surface area contributed by atoms with Gasteiger partial charge in [0.25, 0.3) is 0 Å². The molecule has 0 unspecified atom stereocenters. The Kier molecular flexibility index (Phi) is 4.73. The van der Waals surface area contributed by atoms with Crippen molar-refractivity contribution >= 4 is 33.5 Å². The molecule has 0 bridgehead atoms. The van der Waals surface area contributed by atoms with Gasteiger partial charge in [0.2, 0.25) is 5.91 Å². The zero-order chi connectivity index (χ0) is 15.4. The van der Waals surface area contributed by atoms with E-state index < -0.39 is 5.97 Å². The van der Waals surface area contributed by atoms with Gasteiger partial charge in [0.15, 0.2) is 5.69 Å². The number of anilines is 1. The third kappa shape index (κ3) is 3.69. The molecule has 112 valence electrons. The van der Waals surface area contributed by atoms with Crippen molar-refractivity contribution in [2.45, 2.75) is 20.0 Å². The van der Waals surface area contributed by atoms with Gasteiger partial charge < -0.3 is 10.1 Å². The van der Waals surface area contributed by atoms with Crippen molar-refractivity contribution in [2.24, 2.45) is 0 Å². The second-order valence-corrected chi connectivity index (χ2v) is 5.06. The summed E-state index contributed by atoms with van der Waals surface area (Å²) in [6, 6.07) is 0. The van der Waals surface area contributed by atoms with Gasteiger partial charge in [-0.25, -0.2) is 4.79 Å². The lowest BCUT2D eigenvalue weighted by atomic mass is 10.3. The molecule has 2 aromatic rings. The molecule has 0 radical (unpaired) electrons. The Labute approximate surface area is 129 Å². The quantitative estimate of drug-likeness (QED) is 0.816. The van der Waals surface area contributed by atoms with Crippen LogP contribution in [0.25, 0.3) is 0 Å². The summed E-state index contributed by atoms with van der Waals surface area (Å²) in [5.41, 5.74) is 0.397. The first-order valence-corrected chi connectivity index (χ1v) is 6.96. The Morgan fingerprint density at radius 3 is 2.71 bits per heavy atom. The van der Waals surface area contributed by atoms with Gasteiger partial charge in [0, 0.05) is 18.9 Å². The maximum Gasteiger partial charge on any atom is 0.360 e. The average Bonchev–Trinajstić information content (AvgIpc) is 3.04. The molecular formula is C12H14BrN5O3. The summed E-state index contributed by atoms with van der Waals surface area (Å²) in [5, 5.41) is 10.7. The second kappa shape index (κ2) is 6.53. The number of nitrogens with one attached hydrogen (secondary N) is 1. The number of amides is 1. The topological polar surface area (TPSA) is 91.0 Å². The first-order chi connectivity index (χ1) is 10.0. The molecule has 2 rings (SSSR count). The second-order valence-electron chi connectivity index (χ2n) is 4.14. The van der Waals surface area contributed by atoms with Crippen LogP contribution in [0.3, 0.4) is 0 Å². The Morgan fingerprint density at radius 1 is 1.38 bits per heavy atom. The van der Waals surface area contributed by atoms with E-state index >= 15 is 0 Å². The predicted molar refractivity (Wildman–Crippen MR) is 77.8 cm³/mol. The van der Waals surface area contributed by atoms with Gasteiger partial charge in [-0.3, -0.25) is 14.2 Å². The summed E-state index contributed by atoms with van der Waals surface area (Å²) in [4.78, 5) is 23.6. The van der Waals surface area contributed by atoms with Crippen LogP contribution in [0, 0.1) is 0 Å². The van der Waals surface area contributed by atoms with Gasteiger partial charge in [-0.2, -0.15) is 10.2 Å². The molecule has 1 N–H and O–H groups in total. The van der Waals surface area contributed by atoms with E-state index in [-0.39, 0.29) is 18.1 Å². The molecule has 0 saturated heterocycles. The van der Waals surface area contributed by atoms with Crippen LogP contribution in [0.15, 0.2) is 23.1 Å². The highest BCUT2D eigenvalue weighted by Crippen LogP contribution is 2.15. The fraction of sp³-hybridized carbons (Fsp3) is 0.333. The van der Waals surface area contributed by atoms with Gasteiger partial charge in [-0.15, -0.1) is 0 Å². The number of ether oxygens (including phenoxy) is 1. The average molecular weight is 356 g/mol. The van der Waals surface area contributed by atoms with Crippen LogP contribution in [0.4, 0.5) is 5.69 Å². The Morgan fingerprint density at radius 2 is 2.14 bits per heavy atom. The maximum atomic E-state index is 12.0. The van der Waals surface area contributed by atoms with Crippen molar-refractivity contribution in [1.82, 2.24) is 19.6 Å². The highest BCUT2D eigenvalue weighted by atomic mass is 79.9. The van der Waals surface area contributed by atoms with E-state index in [1.165, 1.54) is 11.8 Å². The molecule has 8 nitrogen and oxygen atoms in total. The van der Waals surface area contributed by atoms with Crippen molar-refractivity contribution in [3.05, 3.63) is 28.8 Å². The van der Waals surface area contributed by atoms with E-state index in [1.54, 1.807) is 23.3 Å². The number of aryl methyl sites for hydroxylation is 1. The minimum absolute atomic E-state index is 0.0313. The molecule has 0 fully saturated rings. The van der Waals surface area contributed by atoms with E-state index in [1.807, 2.05) is 6.92 Å². The predicted octanol–water partition coefficient (Wildman–Crippen LogP) is 1.29. The minimum Gasteiger partial charge on any atom is -0.464 e. The Hall–Kier alpha value is -2.16. The van der Waals surface area contributed by atoms with E-state index in [0.717, 1.165) is 4.47 Å². The van der Waals surface area contributed by atoms with Gasteiger partial charge in [-0.05, 0) is 22.9 Å². The number of carbonyl (C=O) groups excluding carboxylic acids is 2. The molecule has 9 heteroatoms. The number of carbonyl (C=O) groups is 2. The van der Waals surface area contributed by atoms with Crippen LogP contribution < -0.4 is 5.32 Å². The largest absolute Gasteiger partial charge is 0.464 e. The van der Waals surface area contributed by atoms with Crippen LogP contribution in [0.2, 0.25) is 0 Å². The summed E-state index contributed by atoms with van der Waals surface area (Å²) in [6.45, 7) is 2.48. The zero-order valence-corrected chi connectivity index (χ0v) is 13.1. The molecule has 2 aromatic heterocycles. The lowest BCUT2D eigenvalue weighted by Crippen LogP contribution is -2.20. The molecular weight excluding hydrogens is 342 g/mol. The zero-order valence-electron chi connectivity index (χ0n) is 11.5. The third-order valence-corrected chi connectivity index (χ3v) is 3.06. The van der Waals surface area contributed by atoms with Gasteiger partial charge >= 0.3 is 5.97 Å². The number of esters is 1. The molecule has 0 aliphatic carbocycles. The Bertz CT molecular complexity index is 664. The maximum absolute atomic E-state index is 12.0. The number of halogens is 1. The summed E-state index contributed by atoms with van der Waals surface area (Å²) in [6.07, 6.45) is 4.85. The number of hydrogen-bond donors (Lipinski definition) is 1. The van der Waals surface area contributed by atoms with Crippen LogP contribution in [0.1, 0.15) is 17.4 Å². The van der Waals surface area contributed by atoms with Gasteiger partial charge in [0.1, 0.15) is 6.54 Å². The lowest BCUT2D eigenvalue weighted by Gasteiger charge is -2.04. The first kappa shape index (κ1) is 15.2. The molecule has 0 aromatic carbocycles. The third-order valence-electron chi connectivity index (χ3n) is 2.65. The van der Waals surface area contributed by atoms with Gasteiger partial charge in [-0.1, -0.05) is 0 Å². The number of rotatable bonds is 5. The number of methoxy groups -OCH3 is 1. The first-order valence-electron chi connectivity index (χ1n) is 6.17. The highest BCUT2D eigenvalue weighted by Gasteiger charge is 2.19. The Balaban J connectivity index is 2.12. The van der Waals surface area contributed by atoms with Crippen molar-refractivity contribution in [3.63, 3.8) is 0 Å². The molecule has 1 amide bonds. The smallest absolute Gasteiger partial charge is 0.360 e. The molecule has 0 aliphatic rings. The summed E-state index contributed by atoms with van der Waals surface area (Å²) in [7, 11) is 1.26. The monoisotopic (exact) mass is 355 g/mol. The van der Waals surface area contributed by atoms with E-state index in [4.69, 9.17) is 0 Å². The summed E-state index contributed by atoms with van der Waals surface area (Å²) < 4.78 is 8.45. The number of nitrogens with zero attached hydrogens (tertiary/aromatic N) is 4.